The Labute approximate surface area is 437 Å². The van der Waals surface area contributed by atoms with Crippen LogP contribution in [0.2, 0.25) is 0 Å². The van der Waals surface area contributed by atoms with Gasteiger partial charge in [0.1, 0.15) is 0 Å². The molecule has 3 N–H and O–H groups in total. The molecule has 1 amide bonds. The number of hydrogen-bond acceptors (Lipinski definition) is 5. The molecule has 6 heteroatoms. The van der Waals surface area contributed by atoms with E-state index in [1.807, 2.05) is 6.08 Å². The smallest absolute Gasteiger partial charge is 0.305 e. The number of rotatable bonds is 59. The number of carbonyl (C=O) groups is 2. The summed E-state index contributed by atoms with van der Waals surface area (Å²) in [5.74, 6) is -0.0647. The van der Waals surface area contributed by atoms with E-state index in [0.717, 1.165) is 44.9 Å². The zero-order valence-electron chi connectivity index (χ0n) is 47.3. The van der Waals surface area contributed by atoms with Gasteiger partial charge in [-0.15, -0.1) is 0 Å². The largest absolute Gasteiger partial charge is 0.466 e. The second-order valence-corrected chi connectivity index (χ2v) is 21.7. The first kappa shape index (κ1) is 68.3. The van der Waals surface area contributed by atoms with Gasteiger partial charge in [-0.2, -0.15) is 0 Å². The van der Waals surface area contributed by atoms with E-state index in [-0.39, 0.29) is 18.5 Å². The number of amides is 1. The molecule has 70 heavy (non-hydrogen) atoms. The van der Waals surface area contributed by atoms with Crippen LogP contribution in [0, 0.1) is 0 Å². The lowest BCUT2D eigenvalue weighted by Crippen LogP contribution is -2.45. The molecule has 0 saturated carbocycles. The van der Waals surface area contributed by atoms with Crippen molar-refractivity contribution in [2.24, 2.45) is 0 Å². The second kappa shape index (κ2) is 59.9. The van der Waals surface area contributed by atoms with Crippen LogP contribution in [-0.2, 0) is 14.3 Å². The monoisotopic (exact) mass is 986 g/mol. The van der Waals surface area contributed by atoms with Crippen LogP contribution in [0.4, 0.5) is 0 Å². The zero-order chi connectivity index (χ0) is 50.7. The Kier molecular flexibility index (Phi) is 58.5. The van der Waals surface area contributed by atoms with Gasteiger partial charge in [0.25, 0.3) is 0 Å². The summed E-state index contributed by atoms with van der Waals surface area (Å²) in [6.07, 6.45) is 73.6. The van der Waals surface area contributed by atoms with Crippen LogP contribution in [0.1, 0.15) is 348 Å². The summed E-state index contributed by atoms with van der Waals surface area (Å²) < 4.78 is 5.50. The van der Waals surface area contributed by atoms with Gasteiger partial charge in [-0.3, -0.25) is 9.59 Å². The fraction of sp³-hybridized carbons (Fsp3) is 0.906. The van der Waals surface area contributed by atoms with Gasteiger partial charge in [-0.25, -0.2) is 0 Å². The minimum absolute atomic E-state index is 0.0107. The minimum Gasteiger partial charge on any atom is -0.466 e. The zero-order valence-corrected chi connectivity index (χ0v) is 47.3. The van der Waals surface area contributed by atoms with Crippen molar-refractivity contribution in [3.05, 3.63) is 24.3 Å². The van der Waals surface area contributed by atoms with Crippen molar-refractivity contribution in [3.63, 3.8) is 0 Å². The van der Waals surface area contributed by atoms with Gasteiger partial charge >= 0.3 is 5.97 Å². The van der Waals surface area contributed by atoms with Crippen LogP contribution in [0.15, 0.2) is 24.3 Å². The van der Waals surface area contributed by atoms with Crippen LogP contribution < -0.4 is 5.32 Å². The lowest BCUT2D eigenvalue weighted by Gasteiger charge is -2.20. The third kappa shape index (κ3) is 55.7. The average Bonchev–Trinajstić information content (AvgIpc) is 3.36. The summed E-state index contributed by atoms with van der Waals surface area (Å²) in [6, 6.07) is -0.633. The molecular weight excluding hydrogens is 863 g/mol. The molecule has 0 aliphatic rings. The third-order valence-corrected chi connectivity index (χ3v) is 14.7. The van der Waals surface area contributed by atoms with Crippen molar-refractivity contribution in [3.8, 4) is 0 Å². The van der Waals surface area contributed by atoms with Gasteiger partial charge < -0.3 is 20.3 Å². The Morgan fingerprint density at radius 2 is 0.671 bits per heavy atom. The average molecular weight is 987 g/mol. The first-order chi connectivity index (χ1) is 34.5. The lowest BCUT2D eigenvalue weighted by molar-refractivity contribution is -0.143. The maximum Gasteiger partial charge on any atom is 0.305 e. The van der Waals surface area contributed by atoms with E-state index in [1.54, 1.807) is 6.08 Å². The molecule has 0 radical (unpaired) electrons. The van der Waals surface area contributed by atoms with Crippen LogP contribution in [0.5, 0.6) is 0 Å². The number of aliphatic hydroxyl groups excluding tert-OH is 2. The molecule has 0 aromatic rings. The Morgan fingerprint density at radius 1 is 0.386 bits per heavy atom. The fourth-order valence-electron chi connectivity index (χ4n) is 9.87. The number of aliphatic hydroxyl groups is 2. The Morgan fingerprint density at radius 3 is 1.01 bits per heavy atom. The van der Waals surface area contributed by atoms with Crippen molar-refractivity contribution < 1.29 is 24.5 Å². The van der Waals surface area contributed by atoms with E-state index in [4.69, 9.17) is 4.74 Å². The predicted octanol–water partition coefficient (Wildman–Crippen LogP) is 19.8. The van der Waals surface area contributed by atoms with E-state index < -0.39 is 12.1 Å². The van der Waals surface area contributed by atoms with Gasteiger partial charge in [0.2, 0.25) is 5.91 Å². The number of carbonyl (C=O) groups excluding carboxylic acids is 2. The van der Waals surface area contributed by atoms with E-state index in [0.29, 0.717) is 19.4 Å². The number of hydrogen-bond donors (Lipinski definition) is 3. The standard InChI is InChI=1S/C64H123NO5/c1-3-5-7-9-11-13-15-17-19-20-23-27-30-34-38-42-46-50-54-58-64(69)70-59-55-51-47-43-39-35-31-28-25-22-21-24-26-29-33-37-41-45-49-53-57-63(68)65-61(60-66)62(67)56-52-48-44-40-36-32-18-16-14-12-10-8-6-4-2/h21,24,52,56,61-62,66-67H,3-20,22-23,25-51,53-55,57-60H2,1-2H3,(H,65,68)/b24-21-,56-52+. The normalized spacial score (nSPS) is 12.7. The highest BCUT2D eigenvalue weighted by Gasteiger charge is 2.18. The fourth-order valence-corrected chi connectivity index (χ4v) is 9.87. The predicted molar refractivity (Wildman–Crippen MR) is 306 cm³/mol. The van der Waals surface area contributed by atoms with Crippen molar-refractivity contribution in [2.45, 2.75) is 360 Å². The first-order valence-corrected chi connectivity index (χ1v) is 31.6. The summed E-state index contributed by atoms with van der Waals surface area (Å²) in [6.45, 7) is 4.92. The van der Waals surface area contributed by atoms with Crippen molar-refractivity contribution in [2.75, 3.05) is 13.2 Å². The van der Waals surface area contributed by atoms with E-state index in [1.165, 1.54) is 276 Å². The molecule has 2 atom stereocenters. The number of nitrogens with one attached hydrogen (secondary N) is 1. The number of allylic oxidation sites excluding steroid dienone is 3. The van der Waals surface area contributed by atoms with Gasteiger partial charge in [0.15, 0.2) is 0 Å². The topological polar surface area (TPSA) is 95.9 Å². The molecule has 414 valence electrons. The second-order valence-electron chi connectivity index (χ2n) is 21.7. The Hall–Kier alpha value is -1.66. The molecule has 2 unspecified atom stereocenters. The molecule has 0 heterocycles. The summed E-state index contributed by atoms with van der Waals surface area (Å²) >= 11 is 0. The molecular formula is C64H123NO5. The SMILES string of the molecule is CCCCCCCCCCCCCC/C=C/C(O)C(CO)NC(=O)CCCCCCCCC/C=C\CCCCCCCCCCCOC(=O)CCCCCCCCCCCCCCCCCCCCC. The van der Waals surface area contributed by atoms with Crippen LogP contribution in [0.3, 0.4) is 0 Å². The lowest BCUT2D eigenvalue weighted by atomic mass is 10.0. The first-order valence-electron chi connectivity index (χ1n) is 31.6. The molecule has 0 fully saturated rings. The maximum absolute atomic E-state index is 12.5. The molecule has 0 aromatic carbocycles. The third-order valence-electron chi connectivity index (χ3n) is 14.7. The summed E-state index contributed by atoms with van der Waals surface area (Å²) in [5.41, 5.74) is 0. The highest BCUT2D eigenvalue weighted by molar-refractivity contribution is 5.76. The summed E-state index contributed by atoms with van der Waals surface area (Å²) in [5, 5.41) is 23.1. The van der Waals surface area contributed by atoms with Gasteiger partial charge in [-0.1, -0.05) is 301 Å². The minimum atomic E-state index is -0.849. The number of ether oxygens (including phenoxy) is 1. The highest BCUT2D eigenvalue weighted by atomic mass is 16.5. The number of esters is 1. The van der Waals surface area contributed by atoms with Crippen LogP contribution in [0.25, 0.3) is 0 Å². The van der Waals surface area contributed by atoms with Crippen LogP contribution in [-0.4, -0.2) is 47.4 Å². The molecule has 0 rings (SSSR count). The molecule has 0 aromatic heterocycles. The molecule has 0 spiro atoms. The maximum atomic E-state index is 12.5. The Bertz CT molecular complexity index is 1090. The molecule has 0 aliphatic carbocycles. The van der Waals surface area contributed by atoms with E-state index in [2.05, 4.69) is 31.3 Å². The molecule has 0 aliphatic heterocycles. The van der Waals surface area contributed by atoms with Crippen LogP contribution >= 0.6 is 0 Å². The van der Waals surface area contributed by atoms with Gasteiger partial charge in [0.05, 0.1) is 25.4 Å². The molecule has 6 nitrogen and oxygen atoms in total. The van der Waals surface area contributed by atoms with Crippen molar-refractivity contribution in [1.29, 1.82) is 0 Å². The van der Waals surface area contributed by atoms with E-state index in [9.17, 15) is 19.8 Å². The summed E-state index contributed by atoms with van der Waals surface area (Å²) in [4.78, 5) is 24.6. The van der Waals surface area contributed by atoms with Crippen molar-refractivity contribution >= 4 is 11.9 Å². The number of unbranched alkanes of at least 4 members (excludes halogenated alkanes) is 46. The van der Waals surface area contributed by atoms with Gasteiger partial charge in [0, 0.05) is 12.8 Å². The molecule has 0 saturated heterocycles. The Balaban J connectivity index is 3.41. The van der Waals surface area contributed by atoms with Gasteiger partial charge in [-0.05, 0) is 57.8 Å². The quantitative estimate of drug-likeness (QED) is 0.0321. The molecule has 0 bridgehead atoms. The summed E-state index contributed by atoms with van der Waals surface area (Å²) in [7, 11) is 0. The highest BCUT2D eigenvalue weighted by Crippen LogP contribution is 2.17. The van der Waals surface area contributed by atoms with E-state index >= 15 is 0 Å². The van der Waals surface area contributed by atoms with Crippen molar-refractivity contribution in [1.82, 2.24) is 5.32 Å².